The van der Waals surface area contributed by atoms with E-state index in [-0.39, 0.29) is 17.2 Å². The molecular formula is C11H15NO3S. The fraction of sp³-hybridized carbons (Fsp3) is 0.364. The van der Waals surface area contributed by atoms with Gasteiger partial charge in [-0.05, 0) is 24.6 Å². The molecule has 1 aromatic rings. The van der Waals surface area contributed by atoms with Crippen LogP contribution in [-0.4, -0.2) is 27.1 Å². The van der Waals surface area contributed by atoms with Gasteiger partial charge in [0.05, 0.1) is 11.3 Å². The number of carbonyl (C=O) groups excluding carboxylic acids is 1. The average molecular weight is 241 g/mol. The molecule has 0 heterocycles. The summed E-state index contributed by atoms with van der Waals surface area (Å²) in [5.41, 5.74) is 0.804. The molecule has 0 aliphatic heterocycles. The second-order valence-corrected chi connectivity index (χ2v) is 5.56. The lowest BCUT2D eigenvalue weighted by Gasteiger charge is -2.03. The molecule has 1 aromatic carbocycles. The van der Waals surface area contributed by atoms with E-state index in [1.54, 1.807) is 12.1 Å². The van der Waals surface area contributed by atoms with E-state index in [4.69, 9.17) is 0 Å². The van der Waals surface area contributed by atoms with Gasteiger partial charge in [0.1, 0.15) is 0 Å². The van der Waals surface area contributed by atoms with E-state index >= 15 is 0 Å². The predicted octanol–water partition coefficient (Wildman–Crippen LogP) is 0.769. The van der Waals surface area contributed by atoms with E-state index in [0.717, 1.165) is 11.8 Å². The maximum atomic E-state index is 11.3. The zero-order chi connectivity index (χ0) is 12.2. The minimum atomic E-state index is -3.16. The van der Waals surface area contributed by atoms with Crippen molar-refractivity contribution in [3.8, 4) is 0 Å². The van der Waals surface area contributed by atoms with Crippen LogP contribution in [0.2, 0.25) is 0 Å². The molecule has 0 saturated carbocycles. The third-order valence-electron chi connectivity index (χ3n) is 2.09. The molecule has 16 heavy (non-hydrogen) atoms. The van der Waals surface area contributed by atoms with E-state index in [0.29, 0.717) is 6.54 Å². The molecule has 0 aliphatic rings. The molecule has 0 radical (unpaired) electrons. The number of amides is 1. The van der Waals surface area contributed by atoms with Gasteiger partial charge in [0.2, 0.25) is 5.91 Å². The summed E-state index contributed by atoms with van der Waals surface area (Å²) >= 11 is 0. The summed E-state index contributed by atoms with van der Waals surface area (Å²) in [7, 11) is -3.16. The lowest BCUT2D eigenvalue weighted by molar-refractivity contribution is -0.120. The molecule has 0 unspecified atom stereocenters. The molecule has 0 saturated heterocycles. The van der Waals surface area contributed by atoms with Crippen LogP contribution < -0.4 is 5.32 Å². The quantitative estimate of drug-likeness (QED) is 0.846. The van der Waals surface area contributed by atoms with Crippen LogP contribution in [0.25, 0.3) is 0 Å². The predicted molar refractivity (Wildman–Crippen MR) is 61.9 cm³/mol. The van der Waals surface area contributed by atoms with Crippen LogP contribution in [0.15, 0.2) is 29.2 Å². The van der Waals surface area contributed by atoms with Crippen LogP contribution in [0.5, 0.6) is 0 Å². The van der Waals surface area contributed by atoms with Crippen molar-refractivity contribution in [1.82, 2.24) is 5.32 Å². The largest absolute Gasteiger partial charge is 0.356 e. The zero-order valence-corrected chi connectivity index (χ0v) is 10.2. The van der Waals surface area contributed by atoms with Crippen molar-refractivity contribution < 1.29 is 13.2 Å². The smallest absolute Gasteiger partial charge is 0.224 e. The molecule has 0 atom stereocenters. The molecule has 0 aromatic heterocycles. The molecule has 5 heteroatoms. The first-order chi connectivity index (χ1) is 7.43. The molecule has 4 nitrogen and oxygen atoms in total. The fourth-order valence-corrected chi connectivity index (χ4v) is 1.93. The third-order valence-corrected chi connectivity index (χ3v) is 3.22. The molecule has 88 valence electrons. The van der Waals surface area contributed by atoms with E-state index in [2.05, 4.69) is 5.32 Å². The number of sulfone groups is 1. The second kappa shape index (κ2) is 5.12. The Morgan fingerprint density at radius 3 is 2.25 bits per heavy atom. The van der Waals surface area contributed by atoms with Gasteiger partial charge in [-0.1, -0.05) is 12.1 Å². The number of likely N-dealkylation sites (N-methyl/N-ethyl adjacent to an activating group) is 1. The Kier molecular flexibility index (Phi) is 4.06. The van der Waals surface area contributed by atoms with Crippen LogP contribution >= 0.6 is 0 Å². The minimum absolute atomic E-state index is 0.0606. The van der Waals surface area contributed by atoms with Crippen molar-refractivity contribution in [3.63, 3.8) is 0 Å². The van der Waals surface area contributed by atoms with Crippen molar-refractivity contribution in [3.05, 3.63) is 29.8 Å². The highest BCUT2D eigenvalue weighted by Crippen LogP contribution is 2.10. The second-order valence-electron chi connectivity index (χ2n) is 3.55. The molecule has 0 spiro atoms. The summed E-state index contributed by atoms with van der Waals surface area (Å²) in [6, 6.07) is 6.35. The molecule has 0 bridgehead atoms. The highest BCUT2D eigenvalue weighted by Gasteiger charge is 2.07. The number of carbonyl (C=O) groups is 1. The van der Waals surface area contributed by atoms with E-state index in [9.17, 15) is 13.2 Å². The van der Waals surface area contributed by atoms with Gasteiger partial charge in [-0.3, -0.25) is 4.79 Å². The summed E-state index contributed by atoms with van der Waals surface area (Å²) in [6.45, 7) is 2.45. The van der Waals surface area contributed by atoms with Crippen molar-refractivity contribution in [2.75, 3.05) is 12.8 Å². The summed E-state index contributed by atoms with van der Waals surface area (Å²) < 4.78 is 22.4. The molecule has 1 N–H and O–H groups in total. The number of hydrogen-bond acceptors (Lipinski definition) is 3. The number of benzene rings is 1. The normalized spacial score (nSPS) is 11.1. The molecular weight excluding hydrogens is 226 g/mol. The highest BCUT2D eigenvalue weighted by molar-refractivity contribution is 7.90. The van der Waals surface area contributed by atoms with Gasteiger partial charge in [-0.2, -0.15) is 0 Å². The number of hydrogen-bond donors (Lipinski definition) is 1. The summed E-state index contributed by atoms with van der Waals surface area (Å²) in [4.78, 5) is 11.5. The maximum Gasteiger partial charge on any atom is 0.224 e. The minimum Gasteiger partial charge on any atom is -0.356 e. The first-order valence-corrected chi connectivity index (χ1v) is 6.88. The number of nitrogens with one attached hydrogen (secondary N) is 1. The van der Waals surface area contributed by atoms with Gasteiger partial charge < -0.3 is 5.32 Å². The molecule has 1 amide bonds. The van der Waals surface area contributed by atoms with E-state index < -0.39 is 9.84 Å². The van der Waals surface area contributed by atoms with Crippen molar-refractivity contribution in [2.24, 2.45) is 0 Å². The van der Waals surface area contributed by atoms with Crippen molar-refractivity contribution >= 4 is 15.7 Å². The Balaban J connectivity index is 2.76. The monoisotopic (exact) mass is 241 g/mol. The van der Waals surface area contributed by atoms with E-state index in [1.165, 1.54) is 12.1 Å². The van der Waals surface area contributed by atoms with Gasteiger partial charge in [-0.25, -0.2) is 8.42 Å². The van der Waals surface area contributed by atoms with Crippen molar-refractivity contribution in [2.45, 2.75) is 18.2 Å². The van der Waals surface area contributed by atoms with Crippen LogP contribution in [0, 0.1) is 0 Å². The van der Waals surface area contributed by atoms with Gasteiger partial charge in [0.15, 0.2) is 9.84 Å². The topological polar surface area (TPSA) is 63.2 Å². The van der Waals surface area contributed by atoms with Crippen molar-refractivity contribution in [1.29, 1.82) is 0 Å². The molecule has 0 aliphatic carbocycles. The molecule has 1 rings (SSSR count). The van der Waals surface area contributed by atoms with Crippen LogP contribution in [0.3, 0.4) is 0 Å². The van der Waals surface area contributed by atoms with Gasteiger partial charge in [-0.15, -0.1) is 0 Å². The standard InChI is InChI=1S/C11H15NO3S/c1-3-12-11(13)8-9-4-6-10(7-5-9)16(2,14)15/h4-7H,3,8H2,1-2H3,(H,12,13). The highest BCUT2D eigenvalue weighted by atomic mass is 32.2. The summed E-state index contributed by atoms with van der Waals surface area (Å²) in [5.74, 6) is -0.0606. The number of rotatable bonds is 4. The fourth-order valence-electron chi connectivity index (χ4n) is 1.30. The Bertz CT molecular complexity index is 463. The van der Waals surface area contributed by atoms with Crippen LogP contribution in [0.1, 0.15) is 12.5 Å². The zero-order valence-electron chi connectivity index (χ0n) is 9.36. The van der Waals surface area contributed by atoms with Gasteiger partial charge >= 0.3 is 0 Å². The van der Waals surface area contributed by atoms with E-state index in [1.807, 2.05) is 6.92 Å². The summed E-state index contributed by atoms with van der Waals surface area (Å²) in [6.07, 6.45) is 1.43. The van der Waals surface area contributed by atoms with Gasteiger partial charge in [0, 0.05) is 12.8 Å². The first kappa shape index (κ1) is 12.7. The lowest BCUT2D eigenvalue weighted by Crippen LogP contribution is -2.24. The third kappa shape index (κ3) is 3.66. The lowest BCUT2D eigenvalue weighted by atomic mass is 10.1. The Morgan fingerprint density at radius 1 is 1.25 bits per heavy atom. The summed E-state index contributed by atoms with van der Waals surface area (Å²) in [5, 5.41) is 2.68. The van der Waals surface area contributed by atoms with Crippen LogP contribution in [0.4, 0.5) is 0 Å². The van der Waals surface area contributed by atoms with Crippen LogP contribution in [-0.2, 0) is 21.1 Å². The molecule has 0 fully saturated rings. The Morgan fingerprint density at radius 2 is 1.81 bits per heavy atom. The Labute approximate surface area is 95.6 Å². The van der Waals surface area contributed by atoms with Gasteiger partial charge in [0.25, 0.3) is 0 Å². The SMILES string of the molecule is CCNC(=O)Cc1ccc(S(C)(=O)=O)cc1. The average Bonchev–Trinajstić information content (AvgIpc) is 2.17. The maximum absolute atomic E-state index is 11.3. The Hall–Kier alpha value is -1.36. The first-order valence-electron chi connectivity index (χ1n) is 4.99.